The van der Waals surface area contributed by atoms with Crippen LogP contribution in [0.4, 0.5) is 4.39 Å². The monoisotopic (exact) mass is 245 g/mol. The van der Waals surface area contributed by atoms with Gasteiger partial charge in [-0.3, -0.25) is 0 Å². The van der Waals surface area contributed by atoms with Crippen LogP contribution in [0, 0.1) is 5.82 Å². The van der Waals surface area contributed by atoms with Crippen molar-refractivity contribution in [1.82, 2.24) is 0 Å². The van der Waals surface area contributed by atoms with E-state index < -0.39 is 12.1 Å². The number of carbonyl (C=O) groups excluding carboxylic acids is 1. The Labute approximate surface area is 103 Å². The van der Waals surface area contributed by atoms with Crippen molar-refractivity contribution in [2.24, 2.45) is 0 Å². The van der Waals surface area contributed by atoms with E-state index in [-0.39, 0.29) is 11.4 Å². The van der Waals surface area contributed by atoms with Crippen LogP contribution in [0.2, 0.25) is 0 Å². The fourth-order valence-corrected chi connectivity index (χ4v) is 1.64. The summed E-state index contributed by atoms with van der Waals surface area (Å²) in [5.74, 6) is -1.85. The smallest absolute Gasteiger partial charge is 0.123 e. The molecule has 2 aromatic carbocycles. The zero-order valence-electron chi connectivity index (χ0n) is 9.34. The van der Waals surface area contributed by atoms with Crippen LogP contribution in [0.15, 0.2) is 48.5 Å². The Morgan fingerprint density at radius 1 is 1.00 bits per heavy atom. The number of aliphatic hydroxyl groups is 1. The highest BCUT2D eigenvalue weighted by molar-refractivity contribution is 5.72. The number of halogens is 1. The number of carboxylic acid groups (broad SMARTS) is 1. The number of hydrogen-bond donors (Lipinski definition) is 1. The normalized spacial score (nSPS) is 12.1. The summed E-state index contributed by atoms with van der Waals surface area (Å²) in [6.07, 6.45) is -1.63. The van der Waals surface area contributed by atoms with Gasteiger partial charge in [-0.2, -0.15) is 0 Å². The first-order valence-electron chi connectivity index (χ1n) is 5.33. The van der Waals surface area contributed by atoms with E-state index in [2.05, 4.69) is 0 Å². The Balaban J connectivity index is 2.27. The minimum Gasteiger partial charge on any atom is -0.547 e. The van der Waals surface area contributed by atoms with Gasteiger partial charge in [0.15, 0.2) is 0 Å². The van der Waals surface area contributed by atoms with Crippen LogP contribution >= 0.6 is 0 Å². The van der Waals surface area contributed by atoms with Gasteiger partial charge >= 0.3 is 0 Å². The minimum atomic E-state index is -1.63. The average Bonchev–Trinajstić information content (AvgIpc) is 2.39. The Morgan fingerprint density at radius 3 is 1.89 bits per heavy atom. The van der Waals surface area contributed by atoms with Gasteiger partial charge in [0.2, 0.25) is 0 Å². The highest BCUT2D eigenvalue weighted by Gasteiger charge is 2.08. The fraction of sp³-hybridized carbons (Fsp3) is 0.0714. The van der Waals surface area contributed by atoms with Crippen LogP contribution in [0.25, 0.3) is 11.1 Å². The van der Waals surface area contributed by atoms with Gasteiger partial charge in [-0.05, 0) is 28.8 Å². The fourth-order valence-electron chi connectivity index (χ4n) is 1.64. The van der Waals surface area contributed by atoms with Crippen LogP contribution in [0.5, 0.6) is 0 Å². The third-order valence-corrected chi connectivity index (χ3v) is 2.63. The summed E-state index contributed by atoms with van der Waals surface area (Å²) in [6.45, 7) is 0. The highest BCUT2D eigenvalue weighted by atomic mass is 19.1. The van der Waals surface area contributed by atoms with Gasteiger partial charge in [0.1, 0.15) is 11.9 Å². The predicted molar refractivity (Wildman–Crippen MR) is 61.8 cm³/mol. The third kappa shape index (κ3) is 2.55. The van der Waals surface area contributed by atoms with Crippen molar-refractivity contribution in [2.45, 2.75) is 6.10 Å². The van der Waals surface area contributed by atoms with E-state index in [1.54, 1.807) is 24.3 Å². The Bertz CT molecular complexity index is 546. The number of aliphatic hydroxyl groups excluding tert-OH is 1. The maximum Gasteiger partial charge on any atom is 0.123 e. The molecule has 0 spiro atoms. The third-order valence-electron chi connectivity index (χ3n) is 2.63. The molecule has 18 heavy (non-hydrogen) atoms. The first-order valence-corrected chi connectivity index (χ1v) is 5.33. The van der Waals surface area contributed by atoms with Crippen molar-refractivity contribution in [3.05, 3.63) is 59.9 Å². The second-order valence-electron chi connectivity index (χ2n) is 3.85. The van der Waals surface area contributed by atoms with E-state index in [1.807, 2.05) is 0 Å². The molecular weight excluding hydrogens is 235 g/mol. The topological polar surface area (TPSA) is 60.4 Å². The van der Waals surface area contributed by atoms with E-state index in [9.17, 15) is 19.4 Å². The molecule has 0 aliphatic heterocycles. The summed E-state index contributed by atoms with van der Waals surface area (Å²) in [6, 6.07) is 12.3. The summed E-state index contributed by atoms with van der Waals surface area (Å²) < 4.78 is 12.8. The van der Waals surface area contributed by atoms with Gasteiger partial charge < -0.3 is 15.0 Å². The molecule has 1 unspecified atom stereocenters. The van der Waals surface area contributed by atoms with Crippen molar-refractivity contribution < 1.29 is 19.4 Å². The summed E-state index contributed by atoms with van der Waals surface area (Å²) in [7, 11) is 0. The van der Waals surface area contributed by atoms with Crippen LogP contribution in [-0.2, 0) is 4.79 Å². The molecule has 0 aromatic heterocycles. The summed E-state index contributed by atoms with van der Waals surface area (Å²) in [5.41, 5.74) is 1.87. The highest BCUT2D eigenvalue weighted by Crippen LogP contribution is 2.22. The van der Waals surface area contributed by atoms with E-state index in [0.717, 1.165) is 11.1 Å². The van der Waals surface area contributed by atoms with Gasteiger partial charge in [0.05, 0.1) is 5.97 Å². The number of carboxylic acids is 1. The van der Waals surface area contributed by atoms with Crippen LogP contribution in [0.1, 0.15) is 11.7 Å². The molecule has 0 radical (unpaired) electrons. The molecule has 0 fully saturated rings. The molecule has 92 valence electrons. The molecule has 0 saturated heterocycles. The molecule has 0 aliphatic rings. The zero-order valence-corrected chi connectivity index (χ0v) is 9.34. The van der Waals surface area contributed by atoms with Crippen molar-refractivity contribution in [3.63, 3.8) is 0 Å². The quantitative estimate of drug-likeness (QED) is 0.886. The zero-order chi connectivity index (χ0) is 13.1. The molecular formula is C14H10FO3-. The largest absolute Gasteiger partial charge is 0.547 e. The Morgan fingerprint density at radius 2 is 1.44 bits per heavy atom. The van der Waals surface area contributed by atoms with Gasteiger partial charge in [-0.1, -0.05) is 36.4 Å². The SMILES string of the molecule is O=C([O-])C(O)c1ccc(-c2ccc(F)cc2)cc1. The lowest BCUT2D eigenvalue weighted by molar-refractivity contribution is -0.315. The molecule has 0 saturated carbocycles. The van der Waals surface area contributed by atoms with Gasteiger partial charge in [-0.15, -0.1) is 0 Å². The lowest BCUT2D eigenvalue weighted by atomic mass is 10.0. The van der Waals surface area contributed by atoms with Gasteiger partial charge in [-0.25, -0.2) is 4.39 Å². The van der Waals surface area contributed by atoms with Crippen LogP contribution in [0.3, 0.4) is 0 Å². The second-order valence-corrected chi connectivity index (χ2v) is 3.85. The molecule has 0 heterocycles. The second kappa shape index (κ2) is 4.98. The lowest BCUT2D eigenvalue weighted by Gasteiger charge is -2.12. The van der Waals surface area contributed by atoms with Crippen LogP contribution < -0.4 is 5.11 Å². The lowest BCUT2D eigenvalue weighted by Crippen LogP contribution is -2.29. The molecule has 4 heteroatoms. The maximum atomic E-state index is 12.8. The summed E-state index contributed by atoms with van der Waals surface area (Å²) >= 11 is 0. The average molecular weight is 245 g/mol. The standard InChI is InChI=1S/C14H11FO3/c15-12-7-5-10(6-8-12)9-1-3-11(4-2-9)13(16)14(17)18/h1-8,13,16H,(H,17,18)/p-1. The number of aliphatic carboxylic acids is 1. The first kappa shape index (κ1) is 12.3. The predicted octanol–water partition coefficient (Wildman–Crippen LogP) is 1.28. The summed E-state index contributed by atoms with van der Waals surface area (Å²) in [4.78, 5) is 10.5. The van der Waals surface area contributed by atoms with E-state index in [0.29, 0.717) is 0 Å². The van der Waals surface area contributed by atoms with Gasteiger partial charge in [0.25, 0.3) is 0 Å². The number of benzene rings is 2. The van der Waals surface area contributed by atoms with Crippen LogP contribution in [-0.4, -0.2) is 11.1 Å². The van der Waals surface area contributed by atoms with Gasteiger partial charge in [0, 0.05) is 0 Å². The van der Waals surface area contributed by atoms with E-state index in [4.69, 9.17) is 0 Å². The van der Waals surface area contributed by atoms with E-state index >= 15 is 0 Å². The Kier molecular flexibility index (Phi) is 3.39. The van der Waals surface area contributed by atoms with Crippen molar-refractivity contribution in [1.29, 1.82) is 0 Å². The van der Waals surface area contributed by atoms with Crippen molar-refractivity contribution in [2.75, 3.05) is 0 Å². The first-order chi connectivity index (χ1) is 8.58. The molecule has 0 bridgehead atoms. The maximum absolute atomic E-state index is 12.8. The molecule has 0 aliphatic carbocycles. The molecule has 0 amide bonds. The van der Waals surface area contributed by atoms with Crippen molar-refractivity contribution in [3.8, 4) is 11.1 Å². The van der Waals surface area contributed by atoms with E-state index in [1.165, 1.54) is 24.3 Å². The van der Waals surface area contributed by atoms with Crippen molar-refractivity contribution >= 4 is 5.97 Å². The molecule has 2 aromatic rings. The Hall–Kier alpha value is -2.20. The molecule has 2 rings (SSSR count). The number of carbonyl (C=O) groups is 1. The minimum absolute atomic E-state index is 0.251. The molecule has 1 atom stereocenters. The molecule has 3 nitrogen and oxygen atoms in total. The summed E-state index contributed by atoms with van der Waals surface area (Å²) in [5, 5.41) is 19.8. The molecule has 1 N–H and O–H groups in total. The number of rotatable bonds is 3. The number of hydrogen-bond acceptors (Lipinski definition) is 3.